The fourth-order valence-corrected chi connectivity index (χ4v) is 3.15. The Balaban J connectivity index is 1.57. The van der Waals surface area contributed by atoms with Crippen molar-refractivity contribution >= 4 is 11.9 Å². The molecule has 0 unspecified atom stereocenters. The van der Waals surface area contributed by atoms with Crippen LogP contribution in [0.5, 0.6) is 0 Å². The van der Waals surface area contributed by atoms with E-state index in [2.05, 4.69) is 15.5 Å². The minimum atomic E-state index is -0.463. The van der Waals surface area contributed by atoms with Gasteiger partial charge in [0.1, 0.15) is 6.10 Å². The minimum Gasteiger partial charge on any atom is -0.405 e. The second-order valence-corrected chi connectivity index (χ2v) is 6.19. The van der Waals surface area contributed by atoms with Crippen LogP contribution in [0.15, 0.2) is 65.1 Å². The van der Waals surface area contributed by atoms with E-state index in [1.54, 1.807) is 0 Å². The van der Waals surface area contributed by atoms with Crippen LogP contribution in [0.25, 0.3) is 0 Å². The van der Waals surface area contributed by atoms with Crippen molar-refractivity contribution in [3.8, 4) is 0 Å². The maximum absolute atomic E-state index is 13.0. The summed E-state index contributed by atoms with van der Waals surface area (Å²) in [6, 6.07) is 19.4. The number of nitrogens with one attached hydrogen (secondary N) is 1. The molecular weight excluding hydrogens is 330 g/mol. The molecule has 1 aliphatic rings. The number of anilines is 1. The lowest BCUT2D eigenvalue weighted by molar-refractivity contribution is -0.116. The van der Waals surface area contributed by atoms with Crippen LogP contribution in [0.1, 0.15) is 41.9 Å². The fourth-order valence-electron chi connectivity index (χ4n) is 3.15. The Bertz CT molecular complexity index is 819. The first-order valence-electron chi connectivity index (χ1n) is 8.67. The van der Waals surface area contributed by atoms with Crippen LogP contribution < -0.4 is 5.32 Å². The molecule has 6 nitrogen and oxygen atoms in total. The van der Waals surface area contributed by atoms with Gasteiger partial charge in [0, 0.05) is 6.61 Å². The Hall–Kier alpha value is -2.99. The van der Waals surface area contributed by atoms with Gasteiger partial charge in [0.05, 0.1) is 5.92 Å². The molecule has 2 heterocycles. The Labute approximate surface area is 151 Å². The zero-order chi connectivity index (χ0) is 17.8. The number of aromatic nitrogens is 2. The molecule has 1 amide bonds. The second kappa shape index (κ2) is 7.49. The van der Waals surface area contributed by atoms with E-state index in [4.69, 9.17) is 9.15 Å². The Kier molecular flexibility index (Phi) is 4.75. The second-order valence-electron chi connectivity index (χ2n) is 6.19. The Morgan fingerprint density at radius 2 is 1.65 bits per heavy atom. The summed E-state index contributed by atoms with van der Waals surface area (Å²) < 4.78 is 11.1. The van der Waals surface area contributed by atoms with Gasteiger partial charge >= 0.3 is 6.01 Å². The predicted molar refractivity (Wildman–Crippen MR) is 95.6 cm³/mol. The zero-order valence-electron chi connectivity index (χ0n) is 14.2. The summed E-state index contributed by atoms with van der Waals surface area (Å²) in [7, 11) is 0. The van der Waals surface area contributed by atoms with Gasteiger partial charge in [-0.25, -0.2) is 0 Å². The van der Waals surface area contributed by atoms with Gasteiger partial charge in [-0.2, -0.15) is 0 Å². The standard InChI is InChI=1S/C20H19N3O3/c24-18(21-20-23-22-19(26-20)16-12-7-13-25-16)17(14-8-3-1-4-9-14)15-10-5-2-6-11-15/h1-6,8-11,16-17H,7,12-13H2,(H,21,23,24)/t16-/m0/s1. The molecule has 1 aliphatic heterocycles. The van der Waals surface area contributed by atoms with E-state index in [9.17, 15) is 4.79 Å². The van der Waals surface area contributed by atoms with E-state index in [0.29, 0.717) is 12.5 Å². The van der Waals surface area contributed by atoms with E-state index in [-0.39, 0.29) is 18.0 Å². The van der Waals surface area contributed by atoms with Crippen LogP contribution >= 0.6 is 0 Å². The first kappa shape index (κ1) is 16.5. The third-order valence-electron chi connectivity index (χ3n) is 4.40. The summed E-state index contributed by atoms with van der Waals surface area (Å²) in [5, 5.41) is 10.7. The lowest BCUT2D eigenvalue weighted by atomic mass is 9.90. The number of benzene rings is 2. The number of carbonyl (C=O) groups excluding carboxylic acids is 1. The van der Waals surface area contributed by atoms with Crippen molar-refractivity contribution in [3.63, 3.8) is 0 Å². The molecule has 0 bridgehead atoms. The molecule has 4 rings (SSSR count). The first-order chi connectivity index (χ1) is 12.8. The number of rotatable bonds is 5. The highest BCUT2D eigenvalue weighted by Crippen LogP contribution is 2.29. The Morgan fingerprint density at radius 3 is 2.23 bits per heavy atom. The third-order valence-corrected chi connectivity index (χ3v) is 4.40. The number of hydrogen-bond donors (Lipinski definition) is 1. The Morgan fingerprint density at radius 1 is 1.00 bits per heavy atom. The van der Waals surface area contributed by atoms with Crippen molar-refractivity contribution < 1.29 is 13.9 Å². The van der Waals surface area contributed by atoms with Crippen molar-refractivity contribution in [2.75, 3.05) is 11.9 Å². The smallest absolute Gasteiger partial charge is 0.322 e. The fraction of sp³-hybridized carbons (Fsp3) is 0.250. The summed E-state index contributed by atoms with van der Waals surface area (Å²) >= 11 is 0. The first-order valence-corrected chi connectivity index (χ1v) is 8.67. The molecule has 0 saturated carbocycles. The molecule has 1 atom stereocenters. The van der Waals surface area contributed by atoms with Gasteiger partial charge in [-0.1, -0.05) is 65.8 Å². The van der Waals surface area contributed by atoms with Gasteiger partial charge in [-0.3, -0.25) is 10.1 Å². The van der Waals surface area contributed by atoms with E-state index in [1.807, 2.05) is 60.7 Å². The highest BCUT2D eigenvalue weighted by atomic mass is 16.5. The van der Waals surface area contributed by atoms with Crippen LogP contribution in [0.4, 0.5) is 6.01 Å². The van der Waals surface area contributed by atoms with Gasteiger partial charge in [0.2, 0.25) is 11.8 Å². The number of amides is 1. The minimum absolute atomic E-state index is 0.0948. The average Bonchev–Trinajstić information content (AvgIpc) is 3.35. The summed E-state index contributed by atoms with van der Waals surface area (Å²) in [6.07, 6.45) is 1.65. The quantitative estimate of drug-likeness (QED) is 0.760. The van der Waals surface area contributed by atoms with Crippen molar-refractivity contribution in [1.29, 1.82) is 0 Å². The monoisotopic (exact) mass is 349 g/mol. The highest BCUT2D eigenvalue weighted by molar-refractivity contribution is 5.96. The summed E-state index contributed by atoms with van der Waals surface area (Å²) in [5.41, 5.74) is 1.80. The molecule has 132 valence electrons. The van der Waals surface area contributed by atoms with E-state index < -0.39 is 5.92 Å². The highest BCUT2D eigenvalue weighted by Gasteiger charge is 2.27. The molecule has 3 aromatic rings. The van der Waals surface area contributed by atoms with Crippen molar-refractivity contribution in [2.24, 2.45) is 0 Å². The number of ether oxygens (including phenoxy) is 1. The molecule has 0 radical (unpaired) electrons. The molecule has 1 N–H and O–H groups in total. The molecule has 1 fully saturated rings. The lowest BCUT2D eigenvalue weighted by Gasteiger charge is -2.16. The molecule has 26 heavy (non-hydrogen) atoms. The largest absolute Gasteiger partial charge is 0.405 e. The molecule has 2 aromatic carbocycles. The number of carbonyl (C=O) groups is 1. The van der Waals surface area contributed by atoms with E-state index in [0.717, 1.165) is 24.0 Å². The number of nitrogens with zero attached hydrogens (tertiary/aromatic N) is 2. The van der Waals surface area contributed by atoms with Gasteiger partial charge in [0.25, 0.3) is 0 Å². The van der Waals surface area contributed by atoms with Crippen LogP contribution in [-0.2, 0) is 9.53 Å². The van der Waals surface area contributed by atoms with E-state index >= 15 is 0 Å². The van der Waals surface area contributed by atoms with Crippen molar-refractivity contribution in [2.45, 2.75) is 24.9 Å². The predicted octanol–water partition coefficient (Wildman–Crippen LogP) is 3.69. The molecule has 0 aliphatic carbocycles. The summed E-state index contributed by atoms with van der Waals surface area (Å²) in [4.78, 5) is 13.0. The zero-order valence-corrected chi connectivity index (χ0v) is 14.2. The summed E-state index contributed by atoms with van der Waals surface area (Å²) in [6.45, 7) is 0.693. The maximum atomic E-state index is 13.0. The van der Waals surface area contributed by atoms with Crippen LogP contribution in [0.3, 0.4) is 0 Å². The third kappa shape index (κ3) is 3.50. The normalized spacial score (nSPS) is 16.7. The molecule has 0 spiro atoms. The topological polar surface area (TPSA) is 77.2 Å². The van der Waals surface area contributed by atoms with Crippen LogP contribution in [0.2, 0.25) is 0 Å². The molecule has 1 saturated heterocycles. The van der Waals surface area contributed by atoms with Gasteiger partial charge in [-0.05, 0) is 24.0 Å². The maximum Gasteiger partial charge on any atom is 0.322 e. The van der Waals surface area contributed by atoms with Gasteiger partial charge in [0.15, 0.2) is 0 Å². The molecule has 1 aromatic heterocycles. The van der Waals surface area contributed by atoms with Gasteiger partial charge < -0.3 is 9.15 Å². The SMILES string of the molecule is O=C(Nc1nnc([C@@H]2CCCO2)o1)C(c1ccccc1)c1ccccc1. The summed E-state index contributed by atoms with van der Waals surface area (Å²) in [5.74, 6) is -0.269. The number of hydrogen-bond acceptors (Lipinski definition) is 5. The lowest BCUT2D eigenvalue weighted by Crippen LogP contribution is -2.22. The van der Waals surface area contributed by atoms with Gasteiger partial charge in [-0.15, -0.1) is 5.10 Å². The average molecular weight is 349 g/mol. The van der Waals surface area contributed by atoms with Crippen molar-refractivity contribution in [1.82, 2.24) is 10.2 Å². The van der Waals surface area contributed by atoms with Crippen molar-refractivity contribution in [3.05, 3.63) is 77.7 Å². The van der Waals surface area contributed by atoms with Crippen LogP contribution in [0, 0.1) is 0 Å². The van der Waals surface area contributed by atoms with Crippen LogP contribution in [-0.4, -0.2) is 22.7 Å². The molecular formula is C20H19N3O3. The van der Waals surface area contributed by atoms with E-state index in [1.165, 1.54) is 0 Å². The molecule has 6 heteroatoms.